The summed E-state index contributed by atoms with van der Waals surface area (Å²) < 4.78 is 28.0. The van der Waals surface area contributed by atoms with Crippen molar-refractivity contribution >= 4 is 50.2 Å². The largest absolute Gasteiger partial charge is 0.322 e. The van der Waals surface area contributed by atoms with Crippen LogP contribution in [0.25, 0.3) is 0 Å². The number of thioether (sulfide) groups is 1. The molecule has 3 aromatic rings. The standard InChI is InChI=1S/C24H21N3O5S2/c1-16-5-9-20(10-6-16)26-34(31,32)21-4-2-3-18(13-21)23(29)25-19-11-7-17(8-12-19)14-27-22(28)15-33-24(27)30/h2-13,26H,14-15H2,1H3,(H,25,29). The van der Waals surface area contributed by atoms with Crippen LogP contribution >= 0.6 is 11.8 Å². The molecule has 1 saturated heterocycles. The fraction of sp³-hybridized carbons (Fsp3) is 0.125. The predicted octanol–water partition coefficient (Wildman–Crippen LogP) is 4.24. The molecule has 8 nitrogen and oxygen atoms in total. The number of nitrogens with zero attached hydrogens (tertiary/aromatic N) is 1. The van der Waals surface area contributed by atoms with Crippen LogP contribution < -0.4 is 10.0 Å². The number of benzene rings is 3. The van der Waals surface area contributed by atoms with Crippen LogP contribution in [0.2, 0.25) is 0 Å². The van der Waals surface area contributed by atoms with Gasteiger partial charge < -0.3 is 5.32 Å². The molecule has 10 heteroatoms. The van der Waals surface area contributed by atoms with Gasteiger partial charge in [0.2, 0.25) is 5.91 Å². The maximum Gasteiger partial charge on any atom is 0.289 e. The average molecular weight is 496 g/mol. The molecule has 1 heterocycles. The second kappa shape index (κ2) is 9.70. The van der Waals surface area contributed by atoms with E-state index in [2.05, 4.69) is 10.0 Å². The zero-order chi connectivity index (χ0) is 24.3. The van der Waals surface area contributed by atoms with Crippen LogP contribution in [0, 0.1) is 6.92 Å². The van der Waals surface area contributed by atoms with Crippen molar-refractivity contribution in [3.63, 3.8) is 0 Å². The number of hydrogen-bond donors (Lipinski definition) is 2. The molecule has 0 unspecified atom stereocenters. The SMILES string of the molecule is Cc1ccc(NS(=O)(=O)c2cccc(C(=O)Nc3ccc(CN4C(=O)CSC4=O)cc3)c2)cc1. The molecule has 0 atom stereocenters. The first kappa shape index (κ1) is 23.5. The number of rotatable bonds is 7. The Morgan fingerprint density at radius 1 is 0.971 bits per heavy atom. The number of amides is 3. The Labute approximate surface area is 201 Å². The van der Waals surface area contributed by atoms with Gasteiger partial charge in [0.25, 0.3) is 21.2 Å². The second-order valence-corrected chi connectivity index (χ2v) is 10.3. The highest BCUT2D eigenvalue weighted by atomic mass is 32.2. The molecule has 0 spiro atoms. The van der Waals surface area contributed by atoms with Gasteiger partial charge in [-0.15, -0.1) is 0 Å². The molecule has 3 aromatic carbocycles. The molecule has 0 aromatic heterocycles. The summed E-state index contributed by atoms with van der Waals surface area (Å²) in [5.41, 5.74) is 2.86. The number of carbonyl (C=O) groups excluding carboxylic acids is 3. The minimum Gasteiger partial charge on any atom is -0.322 e. The highest BCUT2D eigenvalue weighted by Crippen LogP contribution is 2.22. The van der Waals surface area contributed by atoms with Gasteiger partial charge in [0.15, 0.2) is 0 Å². The van der Waals surface area contributed by atoms with Crippen molar-refractivity contribution in [2.24, 2.45) is 0 Å². The molecule has 174 valence electrons. The van der Waals surface area contributed by atoms with Crippen molar-refractivity contribution in [1.82, 2.24) is 4.90 Å². The van der Waals surface area contributed by atoms with Gasteiger partial charge in [-0.2, -0.15) is 0 Å². The first-order chi connectivity index (χ1) is 16.2. The maximum atomic E-state index is 12.7. The summed E-state index contributed by atoms with van der Waals surface area (Å²) in [6.45, 7) is 2.08. The number of nitrogens with one attached hydrogen (secondary N) is 2. The van der Waals surface area contributed by atoms with Gasteiger partial charge in [0.1, 0.15) is 0 Å². The van der Waals surface area contributed by atoms with Crippen LogP contribution in [-0.2, 0) is 21.4 Å². The summed E-state index contributed by atoms with van der Waals surface area (Å²) in [6, 6.07) is 19.4. The Balaban J connectivity index is 1.43. The molecular weight excluding hydrogens is 474 g/mol. The smallest absolute Gasteiger partial charge is 0.289 e. The molecule has 4 rings (SSSR count). The Bertz CT molecular complexity index is 1340. The van der Waals surface area contributed by atoms with Crippen molar-refractivity contribution < 1.29 is 22.8 Å². The molecular formula is C24H21N3O5S2. The number of hydrogen-bond acceptors (Lipinski definition) is 6. The third-order valence-electron chi connectivity index (χ3n) is 5.10. The first-order valence-corrected chi connectivity index (χ1v) is 12.8. The summed E-state index contributed by atoms with van der Waals surface area (Å²) in [4.78, 5) is 37.4. The van der Waals surface area contributed by atoms with Crippen LogP contribution in [-0.4, -0.2) is 36.1 Å². The minimum atomic E-state index is -3.87. The third kappa shape index (κ3) is 5.46. The molecule has 1 aliphatic heterocycles. The fourth-order valence-corrected chi connectivity index (χ4v) is 5.08. The van der Waals surface area contributed by atoms with Crippen molar-refractivity contribution in [3.8, 4) is 0 Å². The number of imide groups is 1. The van der Waals surface area contributed by atoms with E-state index in [1.165, 1.54) is 29.2 Å². The molecule has 3 amide bonds. The van der Waals surface area contributed by atoms with Crippen LogP contribution in [0.3, 0.4) is 0 Å². The summed E-state index contributed by atoms with van der Waals surface area (Å²) >= 11 is 0.979. The van der Waals surface area contributed by atoms with Gasteiger partial charge in [-0.05, 0) is 55.0 Å². The third-order valence-corrected chi connectivity index (χ3v) is 7.34. The fourth-order valence-electron chi connectivity index (χ4n) is 3.25. The molecule has 0 bridgehead atoms. The number of aryl methyl sites for hydroxylation is 1. The van der Waals surface area contributed by atoms with Crippen LogP contribution in [0.15, 0.2) is 77.7 Å². The zero-order valence-corrected chi connectivity index (χ0v) is 19.8. The number of anilines is 2. The van der Waals surface area contributed by atoms with E-state index in [0.717, 1.165) is 22.9 Å². The maximum absolute atomic E-state index is 12.7. The molecule has 0 aliphatic carbocycles. The summed E-state index contributed by atoms with van der Waals surface area (Å²) in [6.07, 6.45) is 0. The Hall–Kier alpha value is -3.63. The quantitative estimate of drug-likeness (QED) is 0.507. The van der Waals surface area contributed by atoms with Gasteiger partial charge in [0.05, 0.1) is 17.2 Å². The van der Waals surface area contributed by atoms with Gasteiger partial charge in [-0.25, -0.2) is 8.42 Å². The Kier molecular flexibility index (Phi) is 6.71. The van der Waals surface area contributed by atoms with Crippen molar-refractivity contribution in [3.05, 3.63) is 89.5 Å². The van der Waals surface area contributed by atoms with E-state index in [1.807, 2.05) is 6.92 Å². The van der Waals surface area contributed by atoms with Gasteiger partial charge in [0, 0.05) is 16.9 Å². The lowest BCUT2D eigenvalue weighted by molar-refractivity contribution is -0.125. The predicted molar refractivity (Wildman–Crippen MR) is 131 cm³/mol. The van der Waals surface area contributed by atoms with Crippen LogP contribution in [0.1, 0.15) is 21.5 Å². The lowest BCUT2D eigenvalue weighted by Crippen LogP contribution is -2.27. The average Bonchev–Trinajstić information content (AvgIpc) is 3.14. The second-order valence-electron chi connectivity index (χ2n) is 7.68. The van der Waals surface area contributed by atoms with Gasteiger partial charge in [-0.1, -0.05) is 47.7 Å². The highest BCUT2D eigenvalue weighted by molar-refractivity contribution is 8.14. The van der Waals surface area contributed by atoms with E-state index in [9.17, 15) is 22.8 Å². The van der Waals surface area contributed by atoms with E-state index in [1.54, 1.807) is 48.5 Å². The molecule has 0 radical (unpaired) electrons. The number of carbonyl (C=O) groups is 3. The van der Waals surface area contributed by atoms with E-state index in [0.29, 0.717) is 11.4 Å². The normalized spacial score (nSPS) is 13.7. The summed E-state index contributed by atoms with van der Waals surface area (Å²) in [5.74, 6) is -0.539. The lowest BCUT2D eigenvalue weighted by Gasteiger charge is -2.13. The van der Waals surface area contributed by atoms with Crippen LogP contribution in [0.5, 0.6) is 0 Å². The summed E-state index contributed by atoms with van der Waals surface area (Å²) in [7, 11) is -3.87. The van der Waals surface area contributed by atoms with Crippen LogP contribution in [0.4, 0.5) is 16.2 Å². The molecule has 1 fully saturated rings. The van der Waals surface area contributed by atoms with Crippen molar-refractivity contribution in [2.45, 2.75) is 18.4 Å². The van der Waals surface area contributed by atoms with Crippen molar-refractivity contribution in [2.75, 3.05) is 15.8 Å². The van der Waals surface area contributed by atoms with Crippen molar-refractivity contribution in [1.29, 1.82) is 0 Å². The Morgan fingerprint density at radius 2 is 1.65 bits per heavy atom. The lowest BCUT2D eigenvalue weighted by atomic mass is 10.1. The van der Waals surface area contributed by atoms with E-state index < -0.39 is 15.9 Å². The van der Waals surface area contributed by atoms with Gasteiger partial charge in [-0.3, -0.25) is 24.0 Å². The molecule has 0 saturated carbocycles. The highest BCUT2D eigenvalue weighted by Gasteiger charge is 2.29. The topological polar surface area (TPSA) is 113 Å². The van der Waals surface area contributed by atoms with Gasteiger partial charge >= 0.3 is 0 Å². The summed E-state index contributed by atoms with van der Waals surface area (Å²) in [5, 5.41) is 2.46. The Morgan fingerprint density at radius 3 is 2.29 bits per heavy atom. The monoisotopic (exact) mass is 495 g/mol. The molecule has 2 N–H and O–H groups in total. The zero-order valence-electron chi connectivity index (χ0n) is 18.1. The van der Waals surface area contributed by atoms with E-state index in [-0.39, 0.29) is 33.9 Å². The van der Waals surface area contributed by atoms with E-state index >= 15 is 0 Å². The van der Waals surface area contributed by atoms with E-state index in [4.69, 9.17) is 0 Å². The molecule has 34 heavy (non-hydrogen) atoms. The minimum absolute atomic E-state index is 0.0334. The molecule has 1 aliphatic rings. The first-order valence-electron chi connectivity index (χ1n) is 10.3. The number of sulfonamides is 1.